The molecule has 6 nitrogen and oxygen atoms in total. The average Bonchev–Trinajstić information content (AvgIpc) is 2.56. The highest BCUT2D eigenvalue weighted by atomic mass is 32.2. The van der Waals surface area contributed by atoms with Gasteiger partial charge >= 0.3 is 0 Å². The zero-order chi connectivity index (χ0) is 17.0. The fraction of sp³-hybridized carbons (Fsp3) is 0.562. The number of hydrogen-bond donors (Lipinski definition) is 1. The monoisotopic (exact) mass is 340 g/mol. The van der Waals surface area contributed by atoms with Crippen molar-refractivity contribution in [1.82, 2.24) is 9.79 Å². The molecule has 7 heteroatoms. The summed E-state index contributed by atoms with van der Waals surface area (Å²) in [4.78, 5) is 17.1. The standard InChI is InChI=1S/C16H24N2O4S/c1-12-6-4-5-7-15(12)17-16(19)13-8-10-14(11-9-13)23(20,21)18(2)22-3/h8-12,15H,4-7H2,1-3H3,(H,17,19)/t12-,15-/m0/s1. The van der Waals surface area contributed by atoms with Crippen LogP contribution < -0.4 is 5.32 Å². The number of hydrogen-bond acceptors (Lipinski definition) is 4. The second kappa shape index (κ2) is 7.42. The molecule has 0 bridgehead atoms. The smallest absolute Gasteiger partial charge is 0.264 e. The molecule has 1 aromatic carbocycles. The maximum atomic E-state index is 12.3. The highest BCUT2D eigenvalue weighted by Gasteiger charge is 2.24. The molecule has 0 spiro atoms. The van der Waals surface area contributed by atoms with Crippen molar-refractivity contribution in [2.75, 3.05) is 14.2 Å². The van der Waals surface area contributed by atoms with Crippen molar-refractivity contribution in [2.24, 2.45) is 5.92 Å². The first-order chi connectivity index (χ1) is 10.9. The van der Waals surface area contributed by atoms with Gasteiger partial charge in [-0.3, -0.25) is 9.63 Å². The van der Waals surface area contributed by atoms with E-state index in [0.29, 0.717) is 11.5 Å². The van der Waals surface area contributed by atoms with Crippen LogP contribution in [0, 0.1) is 5.92 Å². The second-order valence-corrected chi connectivity index (χ2v) is 7.90. The van der Waals surface area contributed by atoms with Crippen molar-refractivity contribution >= 4 is 15.9 Å². The van der Waals surface area contributed by atoms with Crippen molar-refractivity contribution < 1.29 is 18.0 Å². The van der Waals surface area contributed by atoms with Crippen LogP contribution in [0.25, 0.3) is 0 Å². The maximum absolute atomic E-state index is 12.3. The summed E-state index contributed by atoms with van der Waals surface area (Å²) >= 11 is 0. The third kappa shape index (κ3) is 4.10. The molecule has 2 atom stereocenters. The lowest BCUT2D eigenvalue weighted by Crippen LogP contribution is -2.41. The summed E-state index contributed by atoms with van der Waals surface area (Å²) in [6, 6.07) is 6.09. The number of carbonyl (C=O) groups is 1. The fourth-order valence-corrected chi connectivity index (χ4v) is 3.78. The molecule has 23 heavy (non-hydrogen) atoms. The van der Waals surface area contributed by atoms with Gasteiger partial charge in [0.15, 0.2) is 0 Å². The summed E-state index contributed by atoms with van der Waals surface area (Å²) in [7, 11) is -1.09. The summed E-state index contributed by atoms with van der Waals surface area (Å²) in [5.41, 5.74) is 0.460. The van der Waals surface area contributed by atoms with E-state index >= 15 is 0 Å². The van der Waals surface area contributed by atoms with Gasteiger partial charge < -0.3 is 5.32 Å². The van der Waals surface area contributed by atoms with E-state index in [4.69, 9.17) is 4.84 Å². The van der Waals surface area contributed by atoms with Gasteiger partial charge in [0.2, 0.25) is 0 Å². The second-order valence-electron chi connectivity index (χ2n) is 5.96. The van der Waals surface area contributed by atoms with Crippen LogP contribution in [-0.4, -0.2) is 39.0 Å². The molecule has 0 radical (unpaired) electrons. The molecule has 1 aromatic rings. The average molecular weight is 340 g/mol. The van der Waals surface area contributed by atoms with Crippen molar-refractivity contribution in [3.63, 3.8) is 0 Å². The highest BCUT2D eigenvalue weighted by Crippen LogP contribution is 2.24. The lowest BCUT2D eigenvalue weighted by Gasteiger charge is -2.29. The zero-order valence-electron chi connectivity index (χ0n) is 13.8. The number of nitrogens with zero attached hydrogens (tertiary/aromatic N) is 1. The molecule has 1 saturated carbocycles. The van der Waals surface area contributed by atoms with E-state index in [2.05, 4.69) is 12.2 Å². The summed E-state index contributed by atoms with van der Waals surface area (Å²) in [5, 5.41) is 3.05. The first-order valence-corrected chi connectivity index (χ1v) is 9.24. The van der Waals surface area contributed by atoms with Crippen molar-refractivity contribution in [3.8, 4) is 0 Å². The molecule has 0 unspecified atom stereocenters. The van der Waals surface area contributed by atoms with E-state index in [9.17, 15) is 13.2 Å². The van der Waals surface area contributed by atoms with E-state index in [1.54, 1.807) is 0 Å². The van der Waals surface area contributed by atoms with E-state index in [1.165, 1.54) is 44.8 Å². The Kier molecular flexibility index (Phi) is 5.78. The molecular formula is C16H24N2O4S. The van der Waals surface area contributed by atoms with Gasteiger partial charge in [-0.2, -0.15) is 0 Å². The molecule has 0 aliphatic heterocycles. The molecule has 1 aliphatic rings. The third-order valence-electron chi connectivity index (χ3n) is 4.44. The molecule has 1 N–H and O–H groups in total. The Bertz CT molecular complexity index is 643. The molecule has 0 heterocycles. The predicted molar refractivity (Wildman–Crippen MR) is 87.3 cm³/mol. The van der Waals surface area contributed by atoms with Crippen LogP contribution >= 0.6 is 0 Å². The predicted octanol–water partition coefficient (Wildman–Crippen LogP) is 2.18. The zero-order valence-corrected chi connectivity index (χ0v) is 14.6. The van der Waals surface area contributed by atoms with Gasteiger partial charge in [0.25, 0.3) is 15.9 Å². The number of amides is 1. The summed E-state index contributed by atoms with van der Waals surface area (Å²) in [5.74, 6) is 0.315. The summed E-state index contributed by atoms with van der Waals surface area (Å²) in [6.45, 7) is 2.15. The minimum Gasteiger partial charge on any atom is -0.349 e. The lowest BCUT2D eigenvalue weighted by atomic mass is 9.86. The topological polar surface area (TPSA) is 75.7 Å². The third-order valence-corrected chi connectivity index (χ3v) is 6.13. The molecule has 1 aliphatic carbocycles. The van der Waals surface area contributed by atoms with Gasteiger partial charge in [-0.1, -0.05) is 24.2 Å². The van der Waals surface area contributed by atoms with E-state index in [-0.39, 0.29) is 16.8 Å². The van der Waals surface area contributed by atoms with Gasteiger partial charge in [-0.15, -0.1) is 0 Å². The van der Waals surface area contributed by atoms with Crippen LogP contribution in [0.5, 0.6) is 0 Å². The maximum Gasteiger partial charge on any atom is 0.264 e. The molecule has 2 rings (SSSR count). The van der Waals surface area contributed by atoms with Gasteiger partial charge in [0.1, 0.15) is 0 Å². The van der Waals surface area contributed by atoms with Crippen LogP contribution in [0.4, 0.5) is 0 Å². The number of carbonyl (C=O) groups excluding carboxylic acids is 1. The van der Waals surface area contributed by atoms with Gasteiger partial charge in [-0.05, 0) is 43.0 Å². The van der Waals surface area contributed by atoms with Gasteiger partial charge in [-0.25, -0.2) is 8.42 Å². The van der Waals surface area contributed by atoms with Gasteiger partial charge in [0, 0.05) is 18.7 Å². The van der Waals surface area contributed by atoms with Crippen LogP contribution in [0.2, 0.25) is 0 Å². The first-order valence-electron chi connectivity index (χ1n) is 7.80. The molecule has 0 aromatic heterocycles. The Hall–Kier alpha value is -1.44. The normalized spacial score (nSPS) is 22.1. The number of benzene rings is 1. The Balaban J connectivity index is 2.08. The van der Waals surface area contributed by atoms with E-state index in [0.717, 1.165) is 23.7 Å². The number of sulfonamides is 1. The summed E-state index contributed by atoms with van der Waals surface area (Å²) in [6.07, 6.45) is 4.48. The minimum atomic E-state index is -3.69. The first kappa shape index (κ1) is 17.9. The Morgan fingerprint density at radius 2 is 1.83 bits per heavy atom. The van der Waals surface area contributed by atoms with Crippen LogP contribution in [0.15, 0.2) is 29.2 Å². The molecule has 128 valence electrons. The lowest BCUT2D eigenvalue weighted by molar-refractivity contribution is -0.0258. The van der Waals surface area contributed by atoms with E-state index in [1.807, 2.05) is 0 Å². The highest BCUT2D eigenvalue weighted by molar-refractivity contribution is 7.89. The van der Waals surface area contributed by atoms with Crippen LogP contribution in [-0.2, 0) is 14.9 Å². The largest absolute Gasteiger partial charge is 0.349 e. The van der Waals surface area contributed by atoms with Crippen molar-refractivity contribution in [3.05, 3.63) is 29.8 Å². The molecule has 1 amide bonds. The minimum absolute atomic E-state index is 0.0874. The van der Waals surface area contributed by atoms with Crippen molar-refractivity contribution in [2.45, 2.75) is 43.5 Å². The van der Waals surface area contributed by atoms with Crippen LogP contribution in [0.1, 0.15) is 43.0 Å². The molecule has 1 fully saturated rings. The SMILES string of the molecule is CON(C)S(=O)(=O)c1ccc(C(=O)N[C@H]2CCCC[C@@H]2C)cc1. The number of rotatable bonds is 5. The number of nitrogens with one attached hydrogen (secondary N) is 1. The fourth-order valence-electron chi connectivity index (χ4n) is 2.81. The van der Waals surface area contributed by atoms with E-state index < -0.39 is 10.0 Å². The Morgan fingerprint density at radius 1 is 1.22 bits per heavy atom. The van der Waals surface area contributed by atoms with Crippen LogP contribution in [0.3, 0.4) is 0 Å². The molecule has 0 saturated heterocycles. The summed E-state index contributed by atoms with van der Waals surface area (Å²) < 4.78 is 25.0. The van der Waals surface area contributed by atoms with Crippen molar-refractivity contribution in [1.29, 1.82) is 0 Å². The quantitative estimate of drug-likeness (QED) is 0.834. The molecular weight excluding hydrogens is 316 g/mol. The Labute approximate surface area is 137 Å². The van der Waals surface area contributed by atoms with Gasteiger partial charge in [0.05, 0.1) is 12.0 Å². The number of hydroxylamine groups is 1. The Morgan fingerprint density at radius 3 is 2.39 bits per heavy atom.